The van der Waals surface area contributed by atoms with Crippen molar-refractivity contribution >= 4 is 27.5 Å². The van der Waals surface area contributed by atoms with E-state index in [2.05, 4.69) is 21.2 Å². The molecule has 0 saturated carbocycles. The van der Waals surface area contributed by atoms with E-state index in [1.807, 2.05) is 42.5 Å². The minimum absolute atomic E-state index is 0.142. The first-order valence-corrected chi connectivity index (χ1v) is 7.39. The molecule has 0 radical (unpaired) electrons. The van der Waals surface area contributed by atoms with Gasteiger partial charge < -0.3 is 15.8 Å². The summed E-state index contributed by atoms with van der Waals surface area (Å²) in [6, 6.07) is 15.1. The highest BCUT2D eigenvalue weighted by Gasteiger charge is 2.16. The van der Waals surface area contributed by atoms with Crippen molar-refractivity contribution in [3.8, 4) is 5.75 Å². The summed E-state index contributed by atoms with van der Waals surface area (Å²) in [6.07, 6.45) is -0.296. The molecule has 5 heteroatoms. The van der Waals surface area contributed by atoms with Crippen molar-refractivity contribution in [2.24, 2.45) is 5.73 Å². The average Bonchev–Trinajstić information content (AvgIpc) is 2.47. The standard InChI is InChI=1S/C16H17BrN2O2/c1-11(20)19-14-8-4-5-9-15(14)21-16(10-18)12-6-2-3-7-13(12)17/h2-9,16H,10,18H2,1H3,(H,19,20). The lowest BCUT2D eigenvalue weighted by Gasteiger charge is -2.21. The van der Waals surface area contributed by atoms with E-state index in [0.29, 0.717) is 18.0 Å². The quantitative estimate of drug-likeness (QED) is 0.869. The Bertz CT molecular complexity index is 631. The number of hydrogen-bond donors (Lipinski definition) is 2. The van der Waals surface area contributed by atoms with Gasteiger partial charge >= 0.3 is 0 Å². The molecule has 0 aromatic heterocycles. The predicted molar refractivity (Wildman–Crippen MR) is 87.3 cm³/mol. The third-order valence-electron chi connectivity index (χ3n) is 2.93. The van der Waals surface area contributed by atoms with Gasteiger partial charge in [-0.1, -0.05) is 46.3 Å². The van der Waals surface area contributed by atoms with Crippen molar-refractivity contribution in [3.63, 3.8) is 0 Å². The molecule has 3 N–H and O–H groups in total. The van der Waals surface area contributed by atoms with Gasteiger partial charge in [0.15, 0.2) is 0 Å². The molecular weight excluding hydrogens is 332 g/mol. The predicted octanol–water partition coefficient (Wildman–Crippen LogP) is 3.49. The van der Waals surface area contributed by atoms with E-state index in [9.17, 15) is 4.79 Å². The van der Waals surface area contributed by atoms with Crippen LogP contribution < -0.4 is 15.8 Å². The first-order chi connectivity index (χ1) is 10.1. The van der Waals surface area contributed by atoms with Crippen LogP contribution >= 0.6 is 15.9 Å². The molecule has 1 amide bonds. The summed E-state index contributed by atoms with van der Waals surface area (Å²) in [5.41, 5.74) is 7.44. The Morgan fingerprint density at radius 2 is 1.90 bits per heavy atom. The van der Waals surface area contributed by atoms with Crippen LogP contribution in [0.3, 0.4) is 0 Å². The lowest BCUT2D eigenvalue weighted by atomic mass is 10.1. The van der Waals surface area contributed by atoms with Crippen molar-refractivity contribution in [1.29, 1.82) is 0 Å². The molecule has 2 rings (SSSR count). The summed E-state index contributed by atoms with van der Waals surface area (Å²) in [5, 5.41) is 2.75. The molecular formula is C16H17BrN2O2. The number of nitrogens with one attached hydrogen (secondary N) is 1. The Morgan fingerprint density at radius 3 is 2.57 bits per heavy atom. The van der Waals surface area contributed by atoms with Crippen LogP contribution in [-0.2, 0) is 4.79 Å². The van der Waals surface area contributed by atoms with Gasteiger partial charge in [-0.05, 0) is 18.2 Å². The van der Waals surface area contributed by atoms with Gasteiger partial charge in [0.25, 0.3) is 0 Å². The second kappa shape index (κ2) is 7.24. The van der Waals surface area contributed by atoms with Gasteiger partial charge in [-0.2, -0.15) is 0 Å². The van der Waals surface area contributed by atoms with E-state index >= 15 is 0 Å². The lowest BCUT2D eigenvalue weighted by Crippen LogP contribution is -2.19. The molecule has 0 fully saturated rings. The highest BCUT2D eigenvalue weighted by Crippen LogP contribution is 2.31. The molecule has 1 atom stereocenters. The first-order valence-electron chi connectivity index (χ1n) is 6.59. The minimum atomic E-state index is -0.296. The van der Waals surface area contributed by atoms with Crippen LogP contribution in [0, 0.1) is 0 Å². The molecule has 0 aliphatic rings. The van der Waals surface area contributed by atoms with Crippen molar-refractivity contribution in [3.05, 3.63) is 58.6 Å². The Balaban J connectivity index is 2.27. The van der Waals surface area contributed by atoms with E-state index in [1.54, 1.807) is 6.07 Å². The molecule has 110 valence electrons. The van der Waals surface area contributed by atoms with E-state index < -0.39 is 0 Å². The molecule has 0 heterocycles. The number of para-hydroxylation sites is 2. The van der Waals surface area contributed by atoms with Gasteiger partial charge in [-0.15, -0.1) is 0 Å². The van der Waals surface area contributed by atoms with Gasteiger partial charge in [0.05, 0.1) is 5.69 Å². The highest BCUT2D eigenvalue weighted by atomic mass is 79.9. The van der Waals surface area contributed by atoms with Gasteiger partial charge in [-0.3, -0.25) is 4.79 Å². The highest BCUT2D eigenvalue weighted by molar-refractivity contribution is 9.10. The van der Waals surface area contributed by atoms with Gasteiger partial charge in [-0.25, -0.2) is 0 Å². The van der Waals surface area contributed by atoms with E-state index in [-0.39, 0.29) is 12.0 Å². The smallest absolute Gasteiger partial charge is 0.221 e. The zero-order chi connectivity index (χ0) is 15.2. The molecule has 2 aromatic carbocycles. The number of amides is 1. The number of halogens is 1. The van der Waals surface area contributed by atoms with Gasteiger partial charge in [0.1, 0.15) is 11.9 Å². The number of rotatable bonds is 5. The molecule has 2 aromatic rings. The van der Waals surface area contributed by atoms with Gasteiger partial charge in [0, 0.05) is 23.5 Å². The van der Waals surface area contributed by atoms with E-state index in [1.165, 1.54) is 6.92 Å². The average molecular weight is 349 g/mol. The summed E-state index contributed by atoms with van der Waals surface area (Å²) >= 11 is 3.50. The fourth-order valence-corrected chi connectivity index (χ4v) is 2.53. The van der Waals surface area contributed by atoms with Crippen LogP contribution in [0.15, 0.2) is 53.0 Å². The summed E-state index contributed by atoms with van der Waals surface area (Å²) in [4.78, 5) is 11.2. The van der Waals surface area contributed by atoms with Crippen molar-refractivity contribution in [2.45, 2.75) is 13.0 Å². The largest absolute Gasteiger partial charge is 0.482 e. The van der Waals surface area contributed by atoms with Crippen LogP contribution in [0.5, 0.6) is 5.75 Å². The van der Waals surface area contributed by atoms with E-state index in [4.69, 9.17) is 10.5 Å². The molecule has 0 spiro atoms. The number of anilines is 1. The monoisotopic (exact) mass is 348 g/mol. The Kier molecular flexibility index (Phi) is 5.36. The summed E-state index contributed by atoms with van der Waals surface area (Å²) in [7, 11) is 0. The van der Waals surface area contributed by atoms with Crippen LogP contribution in [0.2, 0.25) is 0 Å². The molecule has 21 heavy (non-hydrogen) atoms. The number of carbonyl (C=O) groups is 1. The number of carbonyl (C=O) groups excluding carboxylic acids is 1. The fourth-order valence-electron chi connectivity index (χ4n) is 1.99. The van der Waals surface area contributed by atoms with Crippen LogP contribution in [-0.4, -0.2) is 12.5 Å². The lowest BCUT2D eigenvalue weighted by molar-refractivity contribution is -0.114. The molecule has 0 aliphatic heterocycles. The van der Waals surface area contributed by atoms with Crippen LogP contribution in [0.4, 0.5) is 5.69 Å². The maximum atomic E-state index is 11.2. The Hall–Kier alpha value is -1.85. The SMILES string of the molecule is CC(=O)Nc1ccccc1OC(CN)c1ccccc1Br. The summed E-state index contributed by atoms with van der Waals surface area (Å²) in [6.45, 7) is 1.79. The topological polar surface area (TPSA) is 64.3 Å². The second-order valence-corrected chi connectivity index (χ2v) is 5.40. The molecule has 4 nitrogen and oxygen atoms in total. The summed E-state index contributed by atoms with van der Waals surface area (Å²) < 4.78 is 6.93. The normalized spacial score (nSPS) is 11.8. The second-order valence-electron chi connectivity index (χ2n) is 4.54. The molecule has 0 saturated heterocycles. The van der Waals surface area contributed by atoms with E-state index in [0.717, 1.165) is 10.0 Å². The number of hydrogen-bond acceptors (Lipinski definition) is 3. The maximum absolute atomic E-state index is 11.2. The minimum Gasteiger partial charge on any atom is -0.482 e. The fraction of sp³-hybridized carbons (Fsp3) is 0.188. The van der Waals surface area contributed by atoms with Crippen LogP contribution in [0.1, 0.15) is 18.6 Å². The molecule has 0 aliphatic carbocycles. The molecule has 1 unspecified atom stereocenters. The first kappa shape index (κ1) is 15.5. The molecule has 0 bridgehead atoms. The zero-order valence-corrected chi connectivity index (χ0v) is 13.3. The van der Waals surface area contributed by atoms with Crippen molar-refractivity contribution in [2.75, 3.05) is 11.9 Å². The van der Waals surface area contributed by atoms with Crippen molar-refractivity contribution < 1.29 is 9.53 Å². The summed E-state index contributed by atoms with van der Waals surface area (Å²) in [5.74, 6) is 0.454. The van der Waals surface area contributed by atoms with Crippen LogP contribution in [0.25, 0.3) is 0 Å². The Labute approximate surface area is 132 Å². The zero-order valence-electron chi connectivity index (χ0n) is 11.7. The number of benzene rings is 2. The Morgan fingerprint density at radius 1 is 1.24 bits per heavy atom. The number of ether oxygens (including phenoxy) is 1. The third kappa shape index (κ3) is 4.06. The van der Waals surface area contributed by atoms with Crippen molar-refractivity contribution in [1.82, 2.24) is 0 Å². The van der Waals surface area contributed by atoms with Gasteiger partial charge in [0.2, 0.25) is 5.91 Å². The third-order valence-corrected chi connectivity index (χ3v) is 3.66. The number of nitrogens with two attached hydrogens (primary N) is 1. The maximum Gasteiger partial charge on any atom is 0.221 e.